The van der Waals surface area contributed by atoms with Gasteiger partial charge in [0.15, 0.2) is 0 Å². The molecule has 2 aromatic carbocycles. The Labute approximate surface area is 147 Å². The molecule has 134 valence electrons. The first-order valence-corrected chi connectivity index (χ1v) is 9.26. The summed E-state index contributed by atoms with van der Waals surface area (Å²) < 4.78 is 37.7. The van der Waals surface area contributed by atoms with Crippen molar-refractivity contribution < 1.29 is 22.7 Å². The van der Waals surface area contributed by atoms with Crippen molar-refractivity contribution in [2.75, 3.05) is 13.7 Å². The topological polar surface area (TPSA) is 81.7 Å². The molecule has 2 aromatic rings. The minimum absolute atomic E-state index is 0.0568. The van der Waals surface area contributed by atoms with Crippen LogP contribution in [0, 0.1) is 6.92 Å². The van der Waals surface area contributed by atoms with E-state index in [1.54, 1.807) is 37.3 Å². The van der Waals surface area contributed by atoms with Crippen LogP contribution < -0.4 is 9.46 Å². The van der Waals surface area contributed by atoms with E-state index in [1.807, 2.05) is 6.92 Å². The van der Waals surface area contributed by atoms with Gasteiger partial charge in [-0.05, 0) is 49.2 Å². The Morgan fingerprint density at radius 3 is 2.40 bits per heavy atom. The van der Waals surface area contributed by atoms with Gasteiger partial charge in [-0.25, -0.2) is 17.9 Å². The molecule has 0 bridgehead atoms. The van der Waals surface area contributed by atoms with E-state index >= 15 is 0 Å². The van der Waals surface area contributed by atoms with Crippen LogP contribution in [0.2, 0.25) is 0 Å². The maximum absolute atomic E-state index is 12.6. The molecule has 0 unspecified atom stereocenters. The van der Waals surface area contributed by atoms with Crippen LogP contribution in [-0.4, -0.2) is 28.1 Å². The quantitative estimate of drug-likeness (QED) is 0.765. The summed E-state index contributed by atoms with van der Waals surface area (Å²) in [4.78, 5) is 11.7. The molecule has 0 heterocycles. The first-order chi connectivity index (χ1) is 11.9. The summed E-state index contributed by atoms with van der Waals surface area (Å²) >= 11 is 0. The van der Waals surface area contributed by atoms with Crippen molar-refractivity contribution in [1.29, 1.82) is 0 Å². The number of esters is 1. The van der Waals surface area contributed by atoms with Crippen molar-refractivity contribution in [2.45, 2.75) is 25.3 Å². The van der Waals surface area contributed by atoms with Gasteiger partial charge in [-0.3, -0.25) is 0 Å². The average Bonchev–Trinajstić information content (AvgIpc) is 2.61. The van der Waals surface area contributed by atoms with Crippen LogP contribution in [0.25, 0.3) is 0 Å². The van der Waals surface area contributed by atoms with Crippen molar-refractivity contribution in [3.63, 3.8) is 0 Å². The van der Waals surface area contributed by atoms with Crippen LogP contribution in [0.3, 0.4) is 0 Å². The number of hydrogen-bond donors (Lipinski definition) is 1. The standard InChI is InChI=1S/C18H21NO5S/c1-4-24-16-9-6-14(7-10-16)12-19-25(21,22)17-11-15(18(20)23-3)8-5-13(17)2/h5-11,19H,4,12H2,1-3H3. The van der Waals surface area contributed by atoms with Crippen LogP contribution in [0.4, 0.5) is 0 Å². The maximum atomic E-state index is 12.6. The first kappa shape index (κ1) is 19.0. The van der Waals surface area contributed by atoms with Gasteiger partial charge in [0, 0.05) is 6.54 Å². The molecule has 7 heteroatoms. The Bertz CT molecular complexity index is 844. The number of methoxy groups -OCH3 is 1. The summed E-state index contributed by atoms with van der Waals surface area (Å²) in [5.74, 6) is 0.152. The molecule has 2 rings (SSSR count). The highest BCUT2D eigenvalue weighted by Gasteiger charge is 2.19. The minimum Gasteiger partial charge on any atom is -0.494 e. The molecule has 0 amide bonds. The van der Waals surface area contributed by atoms with E-state index in [-0.39, 0.29) is 17.0 Å². The normalized spacial score (nSPS) is 11.2. The van der Waals surface area contributed by atoms with Crippen molar-refractivity contribution in [1.82, 2.24) is 4.72 Å². The molecular weight excluding hydrogens is 342 g/mol. The van der Waals surface area contributed by atoms with Gasteiger partial charge < -0.3 is 9.47 Å². The maximum Gasteiger partial charge on any atom is 0.337 e. The lowest BCUT2D eigenvalue weighted by Gasteiger charge is -2.11. The number of carbonyl (C=O) groups is 1. The van der Waals surface area contributed by atoms with E-state index in [2.05, 4.69) is 9.46 Å². The summed E-state index contributed by atoms with van der Waals surface area (Å²) in [6.07, 6.45) is 0. The summed E-state index contributed by atoms with van der Waals surface area (Å²) in [7, 11) is -2.51. The number of benzene rings is 2. The molecule has 0 aliphatic carbocycles. The average molecular weight is 363 g/mol. The number of nitrogens with one attached hydrogen (secondary N) is 1. The predicted molar refractivity (Wildman–Crippen MR) is 94.2 cm³/mol. The van der Waals surface area contributed by atoms with E-state index < -0.39 is 16.0 Å². The number of hydrogen-bond acceptors (Lipinski definition) is 5. The summed E-state index contributed by atoms with van der Waals surface area (Å²) in [5, 5.41) is 0. The fourth-order valence-corrected chi connectivity index (χ4v) is 3.55. The zero-order valence-corrected chi connectivity index (χ0v) is 15.2. The fourth-order valence-electron chi connectivity index (χ4n) is 2.26. The third-order valence-electron chi connectivity index (χ3n) is 3.60. The van der Waals surface area contributed by atoms with Crippen LogP contribution >= 0.6 is 0 Å². The van der Waals surface area contributed by atoms with Gasteiger partial charge in [-0.15, -0.1) is 0 Å². The van der Waals surface area contributed by atoms with Gasteiger partial charge in [0.05, 0.1) is 24.2 Å². The summed E-state index contributed by atoms with van der Waals surface area (Å²) in [6.45, 7) is 4.28. The number of carbonyl (C=O) groups excluding carboxylic acids is 1. The van der Waals surface area contributed by atoms with Crippen LogP contribution in [-0.2, 0) is 21.3 Å². The van der Waals surface area contributed by atoms with Crippen molar-refractivity contribution in [3.05, 3.63) is 59.2 Å². The minimum atomic E-state index is -3.76. The van der Waals surface area contributed by atoms with Crippen molar-refractivity contribution >= 4 is 16.0 Å². The molecule has 0 aliphatic rings. The molecule has 6 nitrogen and oxygen atoms in total. The zero-order valence-electron chi connectivity index (χ0n) is 14.4. The second-order valence-electron chi connectivity index (χ2n) is 5.37. The lowest BCUT2D eigenvalue weighted by Crippen LogP contribution is -2.24. The second-order valence-corrected chi connectivity index (χ2v) is 7.11. The van der Waals surface area contributed by atoms with Gasteiger partial charge in [-0.1, -0.05) is 18.2 Å². The smallest absolute Gasteiger partial charge is 0.337 e. The van der Waals surface area contributed by atoms with Crippen molar-refractivity contribution in [2.24, 2.45) is 0 Å². The number of aryl methyl sites for hydroxylation is 1. The fraction of sp³-hybridized carbons (Fsp3) is 0.278. The largest absolute Gasteiger partial charge is 0.494 e. The Hall–Kier alpha value is -2.38. The summed E-state index contributed by atoms with van der Waals surface area (Å²) in [6, 6.07) is 11.6. The van der Waals surface area contributed by atoms with E-state index in [4.69, 9.17) is 4.74 Å². The molecular formula is C18H21NO5S. The lowest BCUT2D eigenvalue weighted by molar-refractivity contribution is 0.0600. The molecule has 0 radical (unpaired) electrons. The zero-order chi connectivity index (χ0) is 18.4. The number of rotatable bonds is 7. The van der Waals surface area contributed by atoms with Gasteiger partial charge in [-0.2, -0.15) is 0 Å². The molecule has 1 N–H and O–H groups in total. The highest BCUT2D eigenvalue weighted by molar-refractivity contribution is 7.89. The van der Waals surface area contributed by atoms with E-state index in [0.29, 0.717) is 12.2 Å². The molecule has 0 aliphatic heterocycles. The number of sulfonamides is 1. The molecule has 0 spiro atoms. The summed E-state index contributed by atoms with van der Waals surface area (Å²) in [5.41, 5.74) is 1.54. The third kappa shape index (κ3) is 4.80. The lowest BCUT2D eigenvalue weighted by atomic mass is 10.1. The van der Waals surface area contributed by atoms with Gasteiger partial charge in [0.2, 0.25) is 10.0 Å². The third-order valence-corrected chi connectivity index (χ3v) is 5.14. The molecule has 0 atom stereocenters. The van der Waals surface area contributed by atoms with Crippen molar-refractivity contribution in [3.8, 4) is 5.75 Å². The van der Waals surface area contributed by atoms with E-state index in [1.165, 1.54) is 19.2 Å². The molecule has 0 saturated heterocycles. The first-order valence-electron chi connectivity index (χ1n) is 7.77. The van der Waals surface area contributed by atoms with Gasteiger partial charge in [0.25, 0.3) is 0 Å². The Kier molecular flexibility index (Phi) is 6.17. The van der Waals surface area contributed by atoms with Gasteiger partial charge in [0.1, 0.15) is 5.75 Å². The van der Waals surface area contributed by atoms with Crippen LogP contribution in [0.1, 0.15) is 28.4 Å². The van der Waals surface area contributed by atoms with Gasteiger partial charge >= 0.3 is 5.97 Å². The molecule has 25 heavy (non-hydrogen) atoms. The molecule has 0 aromatic heterocycles. The highest BCUT2D eigenvalue weighted by atomic mass is 32.2. The number of ether oxygens (including phenoxy) is 2. The Balaban J connectivity index is 2.17. The van der Waals surface area contributed by atoms with Crippen LogP contribution in [0.5, 0.6) is 5.75 Å². The van der Waals surface area contributed by atoms with E-state index in [0.717, 1.165) is 11.3 Å². The van der Waals surface area contributed by atoms with Crippen LogP contribution in [0.15, 0.2) is 47.4 Å². The Morgan fingerprint density at radius 1 is 1.12 bits per heavy atom. The van der Waals surface area contributed by atoms with E-state index in [9.17, 15) is 13.2 Å². The highest BCUT2D eigenvalue weighted by Crippen LogP contribution is 2.18. The SMILES string of the molecule is CCOc1ccc(CNS(=O)(=O)c2cc(C(=O)OC)ccc2C)cc1. The Morgan fingerprint density at radius 2 is 1.80 bits per heavy atom. The molecule has 0 fully saturated rings. The predicted octanol–water partition coefficient (Wildman–Crippen LogP) is 2.66. The second kappa shape index (κ2) is 8.13. The monoisotopic (exact) mass is 363 g/mol. The molecule has 0 saturated carbocycles.